The summed E-state index contributed by atoms with van der Waals surface area (Å²) in [5.74, 6) is 1.35. The van der Waals surface area contributed by atoms with Crippen LogP contribution in [0.2, 0.25) is 0 Å². The molecule has 17 heavy (non-hydrogen) atoms. The van der Waals surface area contributed by atoms with Gasteiger partial charge in [-0.3, -0.25) is 0 Å². The van der Waals surface area contributed by atoms with Crippen LogP contribution in [0.5, 0.6) is 0 Å². The first-order valence-corrected chi connectivity index (χ1v) is 6.41. The highest BCUT2D eigenvalue weighted by Gasteiger charge is 2.08. The Hall–Kier alpha value is -1.35. The molecule has 0 aliphatic rings. The smallest absolute Gasteiger partial charge is 0.153 e. The average molecular weight is 250 g/mol. The van der Waals surface area contributed by atoms with E-state index in [0.717, 1.165) is 29.9 Å². The van der Waals surface area contributed by atoms with Gasteiger partial charge in [-0.15, -0.1) is 11.6 Å². The van der Waals surface area contributed by atoms with Gasteiger partial charge in [0.2, 0.25) is 0 Å². The minimum absolute atomic E-state index is 0.499. The molecule has 0 saturated heterocycles. The van der Waals surface area contributed by atoms with E-state index in [1.807, 2.05) is 16.8 Å². The molecule has 2 aromatic rings. The number of pyridine rings is 1. The van der Waals surface area contributed by atoms with Gasteiger partial charge in [0.1, 0.15) is 0 Å². The van der Waals surface area contributed by atoms with Crippen LogP contribution in [0.15, 0.2) is 24.4 Å². The predicted octanol–water partition coefficient (Wildman–Crippen LogP) is 3.13. The molecule has 90 valence electrons. The van der Waals surface area contributed by atoms with Gasteiger partial charge in [0.05, 0.1) is 5.69 Å². The Kier molecular flexibility index (Phi) is 3.79. The Morgan fingerprint density at radius 1 is 1.24 bits per heavy atom. The molecule has 0 aliphatic carbocycles. The van der Waals surface area contributed by atoms with Crippen molar-refractivity contribution >= 4 is 11.6 Å². The summed E-state index contributed by atoms with van der Waals surface area (Å²) in [4.78, 5) is 4.36. The maximum absolute atomic E-state index is 5.84. The van der Waals surface area contributed by atoms with Crippen molar-refractivity contribution in [2.24, 2.45) is 0 Å². The molecule has 0 saturated carbocycles. The van der Waals surface area contributed by atoms with E-state index in [4.69, 9.17) is 11.6 Å². The second-order valence-corrected chi connectivity index (χ2v) is 4.17. The second-order valence-electron chi connectivity index (χ2n) is 3.90. The van der Waals surface area contributed by atoms with E-state index in [9.17, 15) is 0 Å². The molecule has 0 amide bonds. The lowest BCUT2D eigenvalue weighted by molar-refractivity contribution is 0.771. The fraction of sp³-hybridized carbons (Fsp3) is 0.385. The molecule has 0 radical (unpaired) electrons. The van der Waals surface area contributed by atoms with Crippen LogP contribution in [0.25, 0.3) is 5.82 Å². The van der Waals surface area contributed by atoms with E-state index < -0.39 is 0 Å². The van der Waals surface area contributed by atoms with Crippen molar-refractivity contribution in [1.29, 1.82) is 0 Å². The molecule has 0 aliphatic heterocycles. The average Bonchev–Trinajstić information content (AvgIpc) is 2.82. The Bertz CT molecular complexity index is 505. The number of halogens is 1. The highest BCUT2D eigenvalue weighted by Crippen LogP contribution is 2.14. The van der Waals surface area contributed by atoms with Crippen LogP contribution in [0.4, 0.5) is 0 Å². The zero-order chi connectivity index (χ0) is 12.3. The van der Waals surface area contributed by atoms with Gasteiger partial charge in [-0.1, -0.05) is 13.8 Å². The summed E-state index contributed by atoms with van der Waals surface area (Å²) in [7, 11) is 0. The van der Waals surface area contributed by atoms with E-state index in [2.05, 4.69) is 30.0 Å². The van der Waals surface area contributed by atoms with Gasteiger partial charge in [-0.05, 0) is 36.6 Å². The number of alkyl halides is 1. The van der Waals surface area contributed by atoms with Gasteiger partial charge in [0, 0.05) is 17.8 Å². The highest BCUT2D eigenvalue weighted by molar-refractivity contribution is 6.17. The van der Waals surface area contributed by atoms with E-state index in [-0.39, 0.29) is 0 Å². The Morgan fingerprint density at radius 2 is 2.06 bits per heavy atom. The molecule has 0 bridgehead atoms. The third-order valence-corrected chi connectivity index (χ3v) is 3.05. The van der Waals surface area contributed by atoms with Crippen molar-refractivity contribution in [1.82, 2.24) is 14.8 Å². The second kappa shape index (κ2) is 5.32. The number of hydrogen-bond donors (Lipinski definition) is 0. The molecule has 2 rings (SSSR count). The number of aryl methyl sites for hydroxylation is 2. The highest BCUT2D eigenvalue weighted by atomic mass is 35.5. The first-order valence-electron chi connectivity index (χ1n) is 5.87. The predicted molar refractivity (Wildman–Crippen MR) is 69.7 cm³/mol. The zero-order valence-electron chi connectivity index (χ0n) is 10.2. The summed E-state index contributed by atoms with van der Waals surface area (Å²) in [5, 5.41) is 4.56. The van der Waals surface area contributed by atoms with E-state index in [1.54, 1.807) is 6.20 Å². The van der Waals surface area contributed by atoms with Crippen molar-refractivity contribution in [2.45, 2.75) is 32.6 Å². The molecule has 0 spiro atoms. The summed E-state index contributed by atoms with van der Waals surface area (Å²) in [6, 6.07) is 6.04. The molecule has 0 fully saturated rings. The molecular weight excluding hydrogens is 234 g/mol. The summed E-state index contributed by atoms with van der Waals surface area (Å²) < 4.78 is 1.91. The first kappa shape index (κ1) is 12.1. The fourth-order valence-electron chi connectivity index (χ4n) is 1.76. The lowest BCUT2D eigenvalue weighted by Gasteiger charge is -2.05. The first-order chi connectivity index (χ1) is 8.28. The molecule has 0 unspecified atom stereocenters. The topological polar surface area (TPSA) is 30.7 Å². The van der Waals surface area contributed by atoms with Crippen LogP contribution in [0.1, 0.15) is 30.8 Å². The summed E-state index contributed by atoms with van der Waals surface area (Å²) in [5.41, 5.74) is 3.34. The van der Waals surface area contributed by atoms with Crippen molar-refractivity contribution in [3.05, 3.63) is 41.3 Å². The van der Waals surface area contributed by atoms with Crippen LogP contribution < -0.4 is 0 Å². The summed E-state index contributed by atoms with van der Waals surface area (Å²) in [6.07, 6.45) is 3.66. The molecule has 0 aromatic carbocycles. The maximum Gasteiger partial charge on any atom is 0.153 e. The van der Waals surface area contributed by atoms with E-state index in [0.29, 0.717) is 5.88 Å². The maximum atomic E-state index is 5.84. The lowest BCUT2D eigenvalue weighted by atomic mass is 10.2. The molecule has 2 heterocycles. The third-order valence-electron chi connectivity index (χ3n) is 2.74. The van der Waals surface area contributed by atoms with Crippen LogP contribution >= 0.6 is 11.6 Å². The van der Waals surface area contributed by atoms with Gasteiger partial charge >= 0.3 is 0 Å². The SMILES string of the molecule is CCc1cc(CC)n(-c2cc(CCl)ccn2)n1. The largest absolute Gasteiger partial charge is 0.237 e. The Morgan fingerprint density at radius 3 is 2.71 bits per heavy atom. The van der Waals surface area contributed by atoms with E-state index in [1.165, 1.54) is 5.69 Å². The monoisotopic (exact) mass is 249 g/mol. The fourth-order valence-corrected chi connectivity index (χ4v) is 1.92. The van der Waals surface area contributed by atoms with Gasteiger partial charge in [0.25, 0.3) is 0 Å². The Labute approximate surface area is 106 Å². The molecule has 3 nitrogen and oxygen atoms in total. The van der Waals surface area contributed by atoms with Crippen LogP contribution in [-0.4, -0.2) is 14.8 Å². The third kappa shape index (κ3) is 2.50. The van der Waals surface area contributed by atoms with Crippen molar-refractivity contribution in [2.75, 3.05) is 0 Å². The standard InChI is InChI=1S/C13H16ClN3/c1-3-11-8-12(4-2)17(16-11)13-7-10(9-14)5-6-15-13/h5-8H,3-4,9H2,1-2H3. The molecule has 0 atom stereocenters. The minimum Gasteiger partial charge on any atom is -0.237 e. The number of hydrogen-bond acceptors (Lipinski definition) is 2. The van der Waals surface area contributed by atoms with Gasteiger partial charge in [0.15, 0.2) is 5.82 Å². The molecular formula is C13H16ClN3. The van der Waals surface area contributed by atoms with Crippen LogP contribution in [0, 0.1) is 0 Å². The Balaban J connectivity index is 2.47. The summed E-state index contributed by atoms with van der Waals surface area (Å²) in [6.45, 7) is 4.23. The molecule has 4 heteroatoms. The van der Waals surface area contributed by atoms with E-state index >= 15 is 0 Å². The van der Waals surface area contributed by atoms with Crippen LogP contribution in [0.3, 0.4) is 0 Å². The number of aromatic nitrogens is 3. The molecule has 2 aromatic heterocycles. The summed E-state index contributed by atoms with van der Waals surface area (Å²) >= 11 is 5.84. The van der Waals surface area contributed by atoms with Crippen molar-refractivity contribution in [3.8, 4) is 5.82 Å². The molecule has 0 N–H and O–H groups in total. The number of rotatable bonds is 4. The van der Waals surface area contributed by atoms with Gasteiger partial charge < -0.3 is 0 Å². The van der Waals surface area contributed by atoms with Gasteiger partial charge in [-0.2, -0.15) is 5.10 Å². The van der Waals surface area contributed by atoms with Crippen molar-refractivity contribution in [3.63, 3.8) is 0 Å². The van der Waals surface area contributed by atoms with Crippen LogP contribution in [-0.2, 0) is 18.7 Å². The normalized spacial score (nSPS) is 10.8. The quantitative estimate of drug-likeness (QED) is 0.780. The zero-order valence-corrected chi connectivity index (χ0v) is 10.9. The van der Waals surface area contributed by atoms with Crippen molar-refractivity contribution < 1.29 is 0 Å². The van der Waals surface area contributed by atoms with Gasteiger partial charge in [-0.25, -0.2) is 9.67 Å². The number of nitrogens with zero attached hydrogens (tertiary/aromatic N) is 3. The minimum atomic E-state index is 0.499. The lowest BCUT2D eigenvalue weighted by Crippen LogP contribution is -2.04.